The fourth-order valence-corrected chi connectivity index (χ4v) is 2.84. The number of nitrogens with zero attached hydrogens (tertiary/aromatic N) is 2. The van der Waals surface area contributed by atoms with E-state index >= 15 is 0 Å². The van der Waals surface area contributed by atoms with Crippen LogP contribution in [-0.2, 0) is 12.8 Å². The zero-order valence-corrected chi connectivity index (χ0v) is 12.2. The first-order valence-electron chi connectivity index (χ1n) is 7.90. The van der Waals surface area contributed by atoms with Crippen LogP contribution in [0, 0.1) is 5.92 Å². The quantitative estimate of drug-likeness (QED) is 0.734. The number of rotatable bonds is 8. The van der Waals surface area contributed by atoms with E-state index in [0.717, 1.165) is 50.1 Å². The minimum Gasteiger partial charge on any atom is -0.425 e. The molecule has 0 amide bonds. The first-order valence-corrected chi connectivity index (χ1v) is 7.90. The summed E-state index contributed by atoms with van der Waals surface area (Å²) < 4.78 is 5.70. The summed E-state index contributed by atoms with van der Waals surface area (Å²) in [7, 11) is 0. The summed E-state index contributed by atoms with van der Waals surface area (Å²) >= 11 is 0. The monoisotopic (exact) mass is 265 g/mol. The highest BCUT2D eigenvalue weighted by Crippen LogP contribution is 2.27. The van der Waals surface area contributed by atoms with Crippen LogP contribution in [0.2, 0.25) is 0 Å². The molecule has 1 aliphatic rings. The zero-order chi connectivity index (χ0) is 13.3. The summed E-state index contributed by atoms with van der Waals surface area (Å²) in [6.45, 7) is 4.17. The van der Waals surface area contributed by atoms with Gasteiger partial charge in [0.15, 0.2) is 0 Å². The summed E-state index contributed by atoms with van der Waals surface area (Å²) in [5.74, 6) is 2.53. The molecule has 1 fully saturated rings. The van der Waals surface area contributed by atoms with Crippen LogP contribution in [0.5, 0.6) is 0 Å². The molecule has 1 N–H and O–H groups in total. The van der Waals surface area contributed by atoms with Crippen LogP contribution in [0.15, 0.2) is 4.42 Å². The van der Waals surface area contributed by atoms with E-state index in [1.54, 1.807) is 0 Å². The topological polar surface area (TPSA) is 51.0 Å². The molecule has 4 heteroatoms. The molecule has 1 heterocycles. The maximum atomic E-state index is 5.70. The van der Waals surface area contributed by atoms with E-state index in [1.165, 1.54) is 38.5 Å². The molecular weight excluding hydrogens is 238 g/mol. The van der Waals surface area contributed by atoms with E-state index < -0.39 is 0 Å². The van der Waals surface area contributed by atoms with Crippen molar-refractivity contribution in [1.29, 1.82) is 0 Å². The number of aromatic nitrogens is 2. The first-order chi connectivity index (χ1) is 9.38. The molecule has 2 rings (SSSR count). The van der Waals surface area contributed by atoms with E-state index in [1.807, 2.05) is 0 Å². The van der Waals surface area contributed by atoms with Gasteiger partial charge in [0.25, 0.3) is 0 Å². The van der Waals surface area contributed by atoms with Gasteiger partial charge in [-0.2, -0.15) is 0 Å². The van der Waals surface area contributed by atoms with E-state index in [4.69, 9.17) is 4.42 Å². The van der Waals surface area contributed by atoms with Gasteiger partial charge in [-0.1, -0.05) is 39.0 Å². The Bertz CT molecular complexity index is 345. The van der Waals surface area contributed by atoms with Crippen LogP contribution in [0.1, 0.15) is 63.7 Å². The molecule has 0 spiro atoms. The smallest absolute Gasteiger partial charge is 0.216 e. The second-order valence-electron chi connectivity index (χ2n) is 5.59. The Kier molecular flexibility index (Phi) is 6.34. The number of hydrogen-bond donors (Lipinski definition) is 1. The lowest BCUT2D eigenvalue weighted by molar-refractivity contribution is 0.326. The standard InChI is InChI=1S/C15H27N3O/c1-2-16-12-6-9-14-17-18-15(19-14)11-10-13-7-4-3-5-8-13/h13,16H,2-12H2,1H3. The van der Waals surface area contributed by atoms with Gasteiger partial charge >= 0.3 is 0 Å². The van der Waals surface area contributed by atoms with Crippen molar-refractivity contribution in [2.45, 2.75) is 64.7 Å². The van der Waals surface area contributed by atoms with Crippen LogP contribution in [0.4, 0.5) is 0 Å². The summed E-state index contributed by atoms with van der Waals surface area (Å²) in [4.78, 5) is 0. The Labute approximate surface area is 116 Å². The molecule has 1 aromatic heterocycles. The third kappa shape index (κ3) is 5.31. The Morgan fingerprint density at radius 3 is 2.58 bits per heavy atom. The van der Waals surface area contributed by atoms with Crippen molar-refractivity contribution in [3.63, 3.8) is 0 Å². The summed E-state index contributed by atoms with van der Waals surface area (Å²) in [5, 5.41) is 11.6. The van der Waals surface area contributed by atoms with E-state index in [2.05, 4.69) is 22.4 Å². The van der Waals surface area contributed by atoms with Crippen molar-refractivity contribution in [3.05, 3.63) is 11.8 Å². The molecule has 1 saturated carbocycles. The molecular formula is C15H27N3O. The molecule has 4 nitrogen and oxygen atoms in total. The summed E-state index contributed by atoms with van der Waals surface area (Å²) in [6.07, 6.45) is 11.2. The third-order valence-electron chi connectivity index (χ3n) is 3.99. The minimum atomic E-state index is 0.802. The van der Waals surface area contributed by atoms with Crippen LogP contribution in [-0.4, -0.2) is 23.3 Å². The molecule has 108 valence electrons. The number of aryl methyl sites for hydroxylation is 2. The molecule has 0 aliphatic heterocycles. The molecule has 1 aliphatic carbocycles. The van der Waals surface area contributed by atoms with E-state index in [-0.39, 0.29) is 0 Å². The third-order valence-corrected chi connectivity index (χ3v) is 3.99. The normalized spacial score (nSPS) is 16.9. The highest BCUT2D eigenvalue weighted by molar-refractivity contribution is 4.83. The van der Waals surface area contributed by atoms with Gasteiger partial charge in [0.05, 0.1) is 0 Å². The van der Waals surface area contributed by atoms with E-state index in [0.29, 0.717) is 0 Å². The van der Waals surface area contributed by atoms with Crippen LogP contribution in [0.3, 0.4) is 0 Å². The Morgan fingerprint density at radius 1 is 1.11 bits per heavy atom. The predicted octanol–water partition coefficient (Wildman–Crippen LogP) is 3.12. The highest BCUT2D eigenvalue weighted by Gasteiger charge is 2.15. The summed E-state index contributed by atoms with van der Waals surface area (Å²) in [5.41, 5.74) is 0. The number of nitrogens with one attached hydrogen (secondary N) is 1. The predicted molar refractivity (Wildman–Crippen MR) is 76.1 cm³/mol. The molecule has 19 heavy (non-hydrogen) atoms. The van der Waals surface area contributed by atoms with E-state index in [9.17, 15) is 0 Å². The zero-order valence-electron chi connectivity index (χ0n) is 12.2. The van der Waals surface area contributed by atoms with Crippen LogP contribution >= 0.6 is 0 Å². The molecule has 0 atom stereocenters. The van der Waals surface area contributed by atoms with Gasteiger partial charge < -0.3 is 9.73 Å². The van der Waals surface area contributed by atoms with Gasteiger partial charge in [-0.15, -0.1) is 10.2 Å². The first kappa shape index (κ1) is 14.5. The minimum absolute atomic E-state index is 0.802. The Morgan fingerprint density at radius 2 is 1.84 bits per heavy atom. The van der Waals surface area contributed by atoms with Crippen molar-refractivity contribution >= 4 is 0 Å². The average molecular weight is 265 g/mol. The average Bonchev–Trinajstić information content (AvgIpc) is 2.91. The molecule has 1 aromatic rings. The van der Waals surface area contributed by atoms with Crippen molar-refractivity contribution < 1.29 is 4.42 Å². The lowest BCUT2D eigenvalue weighted by atomic mass is 9.86. The van der Waals surface area contributed by atoms with Crippen LogP contribution in [0.25, 0.3) is 0 Å². The van der Waals surface area contributed by atoms with Gasteiger partial charge in [0.1, 0.15) is 0 Å². The summed E-state index contributed by atoms with van der Waals surface area (Å²) in [6, 6.07) is 0. The van der Waals surface area contributed by atoms with Crippen molar-refractivity contribution in [3.8, 4) is 0 Å². The molecule has 0 radical (unpaired) electrons. The van der Waals surface area contributed by atoms with Crippen LogP contribution < -0.4 is 5.32 Å². The van der Waals surface area contributed by atoms with Gasteiger partial charge in [0, 0.05) is 12.8 Å². The van der Waals surface area contributed by atoms with Crippen molar-refractivity contribution in [2.24, 2.45) is 5.92 Å². The largest absolute Gasteiger partial charge is 0.425 e. The van der Waals surface area contributed by atoms with Gasteiger partial charge in [0.2, 0.25) is 11.8 Å². The molecule has 0 bridgehead atoms. The highest BCUT2D eigenvalue weighted by atomic mass is 16.4. The molecule has 0 unspecified atom stereocenters. The van der Waals surface area contributed by atoms with Crippen molar-refractivity contribution in [2.75, 3.05) is 13.1 Å². The Balaban J connectivity index is 1.65. The lowest BCUT2D eigenvalue weighted by Crippen LogP contribution is -2.14. The SMILES string of the molecule is CCNCCCc1nnc(CCC2CCCCC2)o1. The Hall–Kier alpha value is -0.900. The number of hydrogen-bond acceptors (Lipinski definition) is 4. The van der Waals surface area contributed by atoms with Crippen molar-refractivity contribution in [1.82, 2.24) is 15.5 Å². The van der Waals surface area contributed by atoms with Gasteiger partial charge in [-0.25, -0.2) is 0 Å². The lowest BCUT2D eigenvalue weighted by Gasteiger charge is -2.20. The second kappa shape index (κ2) is 8.31. The molecule has 0 saturated heterocycles. The molecule has 0 aromatic carbocycles. The second-order valence-corrected chi connectivity index (χ2v) is 5.59. The maximum Gasteiger partial charge on any atom is 0.216 e. The fraction of sp³-hybridized carbons (Fsp3) is 0.867. The van der Waals surface area contributed by atoms with Gasteiger partial charge in [-0.3, -0.25) is 0 Å². The fourth-order valence-electron chi connectivity index (χ4n) is 2.84. The maximum absolute atomic E-state index is 5.70. The van der Waals surface area contributed by atoms with Gasteiger partial charge in [-0.05, 0) is 31.8 Å².